The van der Waals surface area contributed by atoms with Crippen LogP contribution in [0, 0.1) is 0 Å². The molecular weight excluding hydrogens is 384 g/mol. The Labute approximate surface area is 175 Å². The molecule has 1 aliphatic heterocycles. The van der Waals surface area contributed by atoms with Crippen LogP contribution in [0.3, 0.4) is 0 Å². The molecule has 9 heteroatoms. The van der Waals surface area contributed by atoms with Crippen LogP contribution in [-0.4, -0.2) is 53.7 Å². The van der Waals surface area contributed by atoms with Crippen molar-refractivity contribution < 1.29 is 14.3 Å². The van der Waals surface area contributed by atoms with Crippen LogP contribution >= 0.6 is 0 Å². The first-order chi connectivity index (χ1) is 14.3. The quantitative estimate of drug-likeness (QED) is 0.653. The van der Waals surface area contributed by atoms with Gasteiger partial charge in [-0.25, -0.2) is 14.3 Å². The van der Waals surface area contributed by atoms with Crippen molar-refractivity contribution in [2.75, 3.05) is 6.54 Å². The third-order valence-electron chi connectivity index (χ3n) is 4.93. The third kappa shape index (κ3) is 4.39. The smallest absolute Gasteiger partial charge is 0.413 e. The predicted molar refractivity (Wildman–Crippen MR) is 111 cm³/mol. The average molecular weight is 412 g/mol. The lowest BCUT2D eigenvalue weighted by Gasteiger charge is -2.32. The highest BCUT2D eigenvalue weighted by Gasteiger charge is 2.31. The van der Waals surface area contributed by atoms with E-state index in [-0.39, 0.29) is 6.09 Å². The van der Waals surface area contributed by atoms with Crippen molar-refractivity contribution in [3.8, 4) is 17.1 Å². The number of ether oxygens (including phenoxy) is 2. The molecule has 1 unspecified atom stereocenters. The van der Waals surface area contributed by atoms with Gasteiger partial charge in [-0.15, -0.1) is 0 Å². The van der Waals surface area contributed by atoms with Gasteiger partial charge in [0.2, 0.25) is 5.88 Å². The minimum Gasteiger partial charge on any atom is -0.452 e. The Morgan fingerprint density at radius 2 is 2.00 bits per heavy atom. The van der Waals surface area contributed by atoms with Crippen LogP contribution < -0.4 is 4.74 Å². The van der Waals surface area contributed by atoms with Crippen LogP contribution in [0.4, 0.5) is 4.79 Å². The van der Waals surface area contributed by atoms with Gasteiger partial charge in [0.1, 0.15) is 11.1 Å². The van der Waals surface area contributed by atoms with Crippen molar-refractivity contribution in [1.29, 1.82) is 0 Å². The Kier molecular flexibility index (Phi) is 5.36. The van der Waals surface area contributed by atoms with E-state index in [0.29, 0.717) is 18.1 Å². The molecule has 0 bridgehead atoms. The third-order valence-corrected chi connectivity index (χ3v) is 4.93. The summed E-state index contributed by atoms with van der Waals surface area (Å²) in [6, 6.07) is 1.85. The molecule has 0 N–H and O–H groups in total. The summed E-state index contributed by atoms with van der Waals surface area (Å²) in [7, 11) is 1.86. The molecular formula is C21H28N6O3. The fourth-order valence-corrected chi connectivity index (χ4v) is 3.54. The Morgan fingerprint density at radius 3 is 2.73 bits per heavy atom. The van der Waals surface area contributed by atoms with E-state index >= 15 is 0 Å². The molecule has 1 aliphatic rings. The Morgan fingerprint density at radius 1 is 1.17 bits per heavy atom. The molecule has 1 atom stereocenters. The van der Waals surface area contributed by atoms with E-state index < -0.39 is 11.8 Å². The average Bonchev–Trinajstić information content (AvgIpc) is 3.25. The van der Waals surface area contributed by atoms with Crippen molar-refractivity contribution in [2.24, 2.45) is 7.05 Å². The molecule has 9 nitrogen and oxygen atoms in total. The molecule has 4 rings (SSSR count). The van der Waals surface area contributed by atoms with Crippen LogP contribution in [0.25, 0.3) is 16.8 Å². The number of hydrogen-bond acceptors (Lipinski definition) is 6. The van der Waals surface area contributed by atoms with Gasteiger partial charge >= 0.3 is 6.09 Å². The molecule has 30 heavy (non-hydrogen) atoms. The highest BCUT2D eigenvalue weighted by molar-refractivity contribution is 5.69. The van der Waals surface area contributed by atoms with E-state index in [0.717, 1.165) is 36.8 Å². The number of likely N-dealkylation sites (tertiary alicyclic amines) is 1. The number of nitrogens with zero attached hydrogens (tertiary/aromatic N) is 6. The van der Waals surface area contributed by atoms with E-state index in [4.69, 9.17) is 14.5 Å². The molecule has 1 amide bonds. The Balaban J connectivity index is 1.67. The summed E-state index contributed by atoms with van der Waals surface area (Å²) in [6.07, 6.45) is 10.0. The first-order valence-electron chi connectivity index (χ1n) is 10.3. The molecule has 1 fully saturated rings. The maximum Gasteiger partial charge on any atom is 0.413 e. The Bertz CT molecular complexity index is 1030. The van der Waals surface area contributed by atoms with Crippen LogP contribution in [0.2, 0.25) is 0 Å². The topological polar surface area (TPSA) is 86.8 Å². The van der Waals surface area contributed by atoms with Gasteiger partial charge in [0.25, 0.3) is 0 Å². The van der Waals surface area contributed by atoms with Gasteiger partial charge in [0, 0.05) is 31.8 Å². The number of aryl methyl sites for hydroxylation is 1. The van der Waals surface area contributed by atoms with Crippen LogP contribution in [0.15, 0.2) is 30.9 Å². The first-order valence-corrected chi connectivity index (χ1v) is 10.3. The van der Waals surface area contributed by atoms with Gasteiger partial charge in [-0.1, -0.05) is 6.42 Å². The van der Waals surface area contributed by atoms with E-state index in [1.165, 1.54) is 0 Å². The van der Waals surface area contributed by atoms with E-state index in [1.54, 1.807) is 26.5 Å². The monoisotopic (exact) mass is 412 g/mol. The molecule has 160 valence electrons. The molecule has 0 radical (unpaired) electrons. The number of carbonyl (C=O) groups is 1. The maximum atomic E-state index is 12.8. The van der Waals surface area contributed by atoms with Crippen LogP contribution in [0.5, 0.6) is 5.88 Å². The number of fused-ring (bicyclic) bond motifs is 1. The largest absolute Gasteiger partial charge is 0.452 e. The first kappa shape index (κ1) is 20.2. The van der Waals surface area contributed by atoms with Crippen molar-refractivity contribution >= 4 is 11.6 Å². The summed E-state index contributed by atoms with van der Waals surface area (Å²) in [5.74, 6) is 0.439. The standard InChI is InChI=1S/C21H28N6O3/c1-21(2,3)30-20(28)26-11-7-5-6-8-18(26)29-19-17-9-10-22-27(17)14-16(24-19)15-12-23-25(4)13-15/h9-10,12-14,18H,5-8,11H2,1-4H3. The molecule has 0 aliphatic carbocycles. The van der Waals surface area contributed by atoms with E-state index in [1.807, 2.05) is 46.3 Å². The fraction of sp³-hybridized carbons (Fsp3) is 0.524. The van der Waals surface area contributed by atoms with Gasteiger partial charge in [0.05, 0.1) is 24.3 Å². The van der Waals surface area contributed by atoms with Gasteiger partial charge in [-0.05, 0) is 39.7 Å². The summed E-state index contributed by atoms with van der Waals surface area (Å²) >= 11 is 0. The minimum absolute atomic E-state index is 0.359. The van der Waals surface area contributed by atoms with Crippen molar-refractivity contribution in [2.45, 2.75) is 58.3 Å². The van der Waals surface area contributed by atoms with Gasteiger partial charge in [0.15, 0.2) is 6.23 Å². The SMILES string of the molecule is Cn1cc(-c2cn3nccc3c(OC3CCCCCN3C(=O)OC(C)(C)C)n2)cn1. The van der Waals surface area contributed by atoms with Crippen molar-refractivity contribution in [1.82, 2.24) is 29.3 Å². The van der Waals surface area contributed by atoms with Crippen molar-refractivity contribution in [3.63, 3.8) is 0 Å². The summed E-state index contributed by atoms with van der Waals surface area (Å²) < 4.78 is 15.4. The molecule has 0 saturated carbocycles. The molecule has 4 heterocycles. The van der Waals surface area contributed by atoms with Gasteiger partial charge in [-0.3, -0.25) is 9.58 Å². The second kappa shape index (κ2) is 7.97. The second-order valence-corrected chi connectivity index (χ2v) is 8.59. The summed E-state index contributed by atoms with van der Waals surface area (Å²) in [5, 5.41) is 8.58. The van der Waals surface area contributed by atoms with Crippen LogP contribution in [-0.2, 0) is 11.8 Å². The maximum absolute atomic E-state index is 12.8. The predicted octanol–water partition coefficient (Wildman–Crippen LogP) is 3.65. The van der Waals surface area contributed by atoms with E-state index in [9.17, 15) is 4.79 Å². The normalized spacial score (nSPS) is 17.7. The lowest BCUT2D eigenvalue weighted by atomic mass is 10.2. The summed E-state index contributed by atoms with van der Waals surface area (Å²) in [6.45, 7) is 6.20. The van der Waals surface area contributed by atoms with E-state index in [2.05, 4.69) is 10.2 Å². The van der Waals surface area contributed by atoms with Crippen LogP contribution in [0.1, 0.15) is 46.5 Å². The molecule has 3 aromatic rings. The lowest BCUT2D eigenvalue weighted by Crippen LogP contribution is -2.46. The highest BCUT2D eigenvalue weighted by atomic mass is 16.6. The van der Waals surface area contributed by atoms with Gasteiger partial charge in [-0.2, -0.15) is 10.2 Å². The molecule has 3 aromatic heterocycles. The number of amides is 1. The van der Waals surface area contributed by atoms with Gasteiger partial charge < -0.3 is 9.47 Å². The Hall–Kier alpha value is -3.10. The van der Waals surface area contributed by atoms with Crippen molar-refractivity contribution in [3.05, 3.63) is 30.9 Å². The highest BCUT2D eigenvalue weighted by Crippen LogP contribution is 2.28. The minimum atomic E-state index is -0.564. The second-order valence-electron chi connectivity index (χ2n) is 8.59. The number of hydrogen-bond donors (Lipinski definition) is 0. The lowest BCUT2D eigenvalue weighted by molar-refractivity contribution is -0.0205. The zero-order chi connectivity index (χ0) is 21.3. The zero-order valence-corrected chi connectivity index (χ0v) is 17.9. The fourth-order valence-electron chi connectivity index (χ4n) is 3.54. The summed E-state index contributed by atoms with van der Waals surface area (Å²) in [5.41, 5.74) is 1.75. The summed E-state index contributed by atoms with van der Waals surface area (Å²) in [4.78, 5) is 19.3. The number of carbonyl (C=O) groups excluding carboxylic acids is 1. The zero-order valence-electron chi connectivity index (χ0n) is 17.9. The molecule has 1 saturated heterocycles. The number of aromatic nitrogens is 5. The number of rotatable bonds is 3. The molecule has 0 aromatic carbocycles. The molecule has 0 spiro atoms.